The quantitative estimate of drug-likeness (QED) is 0.736. The lowest BCUT2D eigenvalue weighted by molar-refractivity contribution is -0.138. The molecule has 0 aromatic rings. The smallest absolute Gasteiger partial charge is 0.410 e. The van der Waals surface area contributed by atoms with Gasteiger partial charge in [0.1, 0.15) is 12.1 Å². The summed E-state index contributed by atoms with van der Waals surface area (Å²) in [6.45, 7) is 6.94. The lowest BCUT2D eigenvalue weighted by atomic mass is 10.1. The molecular weight excluding hydrogens is 256 g/mol. The Morgan fingerprint density at radius 3 is 2.35 bits per heavy atom. The topological polar surface area (TPSA) is 49.9 Å². The molecule has 0 unspecified atom stereocenters. The summed E-state index contributed by atoms with van der Waals surface area (Å²) < 4.78 is 5.33. The number of piperazine rings is 1. The zero-order chi connectivity index (χ0) is 14.5. The number of carbonyl (C=O) groups excluding carboxylic acids is 2. The van der Waals surface area contributed by atoms with Crippen molar-refractivity contribution in [3.63, 3.8) is 0 Å². The minimum Gasteiger partial charge on any atom is -0.444 e. The largest absolute Gasteiger partial charge is 0.444 e. The second-order valence-corrected chi connectivity index (χ2v) is 7.37. The van der Waals surface area contributed by atoms with Crippen molar-refractivity contribution in [2.45, 2.75) is 51.7 Å². The Bertz CT molecular complexity index is 419. The predicted octanol–water partition coefficient (Wildman–Crippen LogP) is 1.86. The van der Waals surface area contributed by atoms with E-state index in [1.54, 1.807) is 0 Å². The molecule has 2 atom stereocenters. The average molecular weight is 280 g/mol. The van der Waals surface area contributed by atoms with E-state index < -0.39 is 5.60 Å². The molecule has 0 aromatic carbocycles. The molecule has 5 nitrogen and oxygen atoms in total. The first-order valence-electron chi connectivity index (χ1n) is 7.61. The standard InChI is InChI=1S/C15H24N2O3/c1-15(2,3)20-14(19)16-4-5-17(13(18)9-16)12-7-10-6-11(10)8-12/h10-12H,4-9H2,1-3H3/t10-,11-/m0/s1. The fourth-order valence-electron chi connectivity index (χ4n) is 3.49. The highest BCUT2D eigenvalue weighted by molar-refractivity contribution is 5.84. The third-order valence-corrected chi connectivity index (χ3v) is 4.57. The van der Waals surface area contributed by atoms with Crippen LogP contribution in [0.15, 0.2) is 0 Å². The Labute approximate surface area is 120 Å². The van der Waals surface area contributed by atoms with E-state index in [1.807, 2.05) is 25.7 Å². The van der Waals surface area contributed by atoms with Gasteiger partial charge in [-0.2, -0.15) is 0 Å². The van der Waals surface area contributed by atoms with Gasteiger partial charge in [-0.15, -0.1) is 0 Å². The van der Waals surface area contributed by atoms with E-state index in [0.29, 0.717) is 19.1 Å². The molecule has 0 spiro atoms. The third kappa shape index (κ3) is 2.76. The summed E-state index contributed by atoms with van der Waals surface area (Å²) >= 11 is 0. The number of nitrogens with zero attached hydrogens (tertiary/aromatic N) is 2. The van der Waals surface area contributed by atoms with Gasteiger partial charge in [0.2, 0.25) is 5.91 Å². The first-order chi connectivity index (χ1) is 9.33. The van der Waals surface area contributed by atoms with Crippen LogP contribution in [0.2, 0.25) is 0 Å². The number of rotatable bonds is 1. The Kier molecular flexibility index (Phi) is 3.18. The van der Waals surface area contributed by atoms with Gasteiger partial charge in [-0.25, -0.2) is 4.79 Å². The van der Waals surface area contributed by atoms with E-state index in [2.05, 4.69) is 0 Å². The van der Waals surface area contributed by atoms with E-state index in [9.17, 15) is 9.59 Å². The fraction of sp³-hybridized carbons (Fsp3) is 0.867. The van der Waals surface area contributed by atoms with Gasteiger partial charge in [-0.1, -0.05) is 0 Å². The zero-order valence-corrected chi connectivity index (χ0v) is 12.6. The molecule has 0 aromatic heterocycles. The molecule has 5 heteroatoms. The van der Waals surface area contributed by atoms with E-state index >= 15 is 0 Å². The molecule has 2 amide bonds. The zero-order valence-electron chi connectivity index (χ0n) is 12.6. The second-order valence-electron chi connectivity index (χ2n) is 7.37. The molecule has 0 bridgehead atoms. The van der Waals surface area contributed by atoms with Gasteiger partial charge >= 0.3 is 6.09 Å². The molecule has 1 heterocycles. The van der Waals surface area contributed by atoms with Crippen LogP contribution >= 0.6 is 0 Å². The normalized spacial score (nSPS) is 30.4. The molecule has 1 aliphatic heterocycles. The summed E-state index contributed by atoms with van der Waals surface area (Å²) in [7, 11) is 0. The van der Waals surface area contributed by atoms with Gasteiger partial charge in [-0.3, -0.25) is 9.69 Å². The number of amides is 2. The first kappa shape index (κ1) is 13.7. The summed E-state index contributed by atoms with van der Waals surface area (Å²) in [5.41, 5.74) is -0.510. The van der Waals surface area contributed by atoms with Crippen molar-refractivity contribution in [1.82, 2.24) is 9.80 Å². The second kappa shape index (κ2) is 4.64. The van der Waals surface area contributed by atoms with Crippen molar-refractivity contribution in [2.75, 3.05) is 19.6 Å². The number of ether oxygens (including phenoxy) is 1. The Morgan fingerprint density at radius 2 is 1.80 bits per heavy atom. The minimum atomic E-state index is -0.510. The van der Waals surface area contributed by atoms with Crippen LogP contribution in [0.4, 0.5) is 4.79 Å². The highest BCUT2D eigenvalue weighted by Gasteiger charge is 2.49. The maximum Gasteiger partial charge on any atom is 0.410 e. The van der Waals surface area contributed by atoms with E-state index in [4.69, 9.17) is 4.74 Å². The molecule has 1 saturated heterocycles. The van der Waals surface area contributed by atoms with E-state index in [-0.39, 0.29) is 18.5 Å². The molecule has 112 valence electrons. The van der Waals surface area contributed by atoms with Crippen LogP contribution in [-0.4, -0.2) is 53.1 Å². The van der Waals surface area contributed by atoms with Gasteiger partial charge in [-0.05, 0) is 51.9 Å². The lowest BCUT2D eigenvalue weighted by Crippen LogP contribution is -2.55. The van der Waals surface area contributed by atoms with Crippen molar-refractivity contribution in [3.8, 4) is 0 Å². The Balaban J connectivity index is 1.54. The van der Waals surface area contributed by atoms with Crippen LogP contribution < -0.4 is 0 Å². The first-order valence-corrected chi connectivity index (χ1v) is 7.61. The van der Waals surface area contributed by atoms with Crippen LogP contribution in [-0.2, 0) is 9.53 Å². The van der Waals surface area contributed by atoms with Crippen molar-refractivity contribution < 1.29 is 14.3 Å². The highest BCUT2D eigenvalue weighted by Crippen LogP contribution is 2.53. The molecular formula is C15H24N2O3. The Hall–Kier alpha value is -1.26. The monoisotopic (exact) mass is 280 g/mol. The van der Waals surface area contributed by atoms with Gasteiger partial charge in [0.25, 0.3) is 0 Å². The fourth-order valence-corrected chi connectivity index (χ4v) is 3.49. The summed E-state index contributed by atoms with van der Waals surface area (Å²) in [4.78, 5) is 27.8. The molecule has 0 radical (unpaired) electrons. The number of fused-ring (bicyclic) bond motifs is 1. The molecule has 20 heavy (non-hydrogen) atoms. The summed E-state index contributed by atoms with van der Waals surface area (Å²) in [5, 5.41) is 0. The summed E-state index contributed by atoms with van der Waals surface area (Å²) in [6.07, 6.45) is 3.33. The highest BCUT2D eigenvalue weighted by atomic mass is 16.6. The van der Waals surface area contributed by atoms with Gasteiger partial charge < -0.3 is 9.64 Å². The van der Waals surface area contributed by atoms with Crippen LogP contribution in [0.25, 0.3) is 0 Å². The number of hydrogen-bond acceptors (Lipinski definition) is 3. The van der Waals surface area contributed by atoms with Crippen molar-refractivity contribution in [1.29, 1.82) is 0 Å². The average Bonchev–Trinajstić information content (AvgIpc) is 2.94. The SMILES string of the molecule is CC(C)(C)OC(=O)N1CCN(C2C[C@@H]3C[C@H]3C2)C(=O)C1. The van der Waals surface area contributed by atoms with Gasteiger partial charge in [0.05, 0.1) is 0 Å². The van der Waals surface area contributed by atoms with Gasteiger partial charge in [0.15, 0.2) is 0 Å². The lowest BCUT2D eigenvalue weighted by Gasteiger charge is -2.38. The molecule has 2 saturated carbocycles. The number of hydrogen-bond donors (Lipinski definition) is 0. The van der Waals surface area contributed by atoms with Crippen molar-refractivity contribution >= 4 is 12.0 Å². The molecule has 3 aliphatic rings. The Morgan fingerprint density at radius 1 is 1.15 bits per heavy atom. The third-order valence-electron chi connectivity index (χ3n) is 4.57. The molecule has 2 aliphatic carbocycles. The van der Waals surface area contributed by atoms with Crippen molar-refractivity contribution in [2.24, 2.45) is 11.8 Å². The maximum absolute atomic E-state index is 12.3. The maximum atomic E-state index is 12.3. The minimum absolute atomic E-state index is 0.0772. The van der Waals surface area contributed by atoms with Crippen LogP contribution in [0.5, 0.6) is 0 Å². The number of carbonyl (C=O) groups is 2. The van der Waals surface area contributed by atoms with Crippen LogP contribution in [0.3, 0.4) is 0 Å². The summed E-state index contributed by atoms with van der Waals surface area (Å²) in [5.74, 6) is 1.82. The molecule has 0 N–H and O–H groups in total. The van der Waals surface area contributed by atoms with Crippen LogP contribution in [0, 0.1) is 11.8 Å². The van der Waals surface area contributed by atoms with Crippen molar-refractivity contribution in [3.05, 3.63) is 0 Å². The molecule has 3 rings (SSSR count). The molecule has 3 fully saturated rings. The predicted molar refractivity (Wildman–Crippen MR) is 74.1 cm³/mol. The van der Waals surface area contributed by atoms with Crippen LogP contribution in [0.1, 0.15) is 40.0 Å². The van der Waals surface area contributed by atoms with E-state index in [0.717, 1.165) is 11.8 Å². The summed E-state index contributed by atoms with van der Waals surface area (Å²) in [6, 6.07) is 0.423. The van der Waals surface area contributed by atoms with E-state index in [1.165, 1.54) is 24.2 Å². The van der Waals surface area contributed by atoms with Gasteiger partial charge in [0, 0.05) is 19.1 Å².